The third kappa shape index (κ3) is 49.7. The fraction of sp³-hybridized carbons (Fsp3) is 0.0545. The molecule has 0 unspecified atom stereocenters. The molecule has 0 spiro atoms. The minimum Gasteiger partial charge on any atom is -0.497 e. The van der Waals surface area contributed by atoms with Crippen LogP contribution in [0.2, 0.25) is 0 Å². The van der Waals surface area contributed by atoms with Gasteiger partial charge in [-0.3, -0.25) is 9.69 Å². The maximum atomic E-state index is 13.4. The van der Waals surface area contributed by atoms with Gasteiger partial charge in [-0.15, -0.1) is 0 Å². The van der Waals surface area contributed by atoms with Crippen LogP contribution in [0, 0.1) is 539 Å². The second-order valence-corrected chi connectivity index (χ2v) is 18.4. The minimum atomic E-state index is -4.73. The summed E-state index contributed by atoms with van der Waals surface area (Å²) in [5.74, 6) is 219. The van der Waals surface area contributed by atoms with Gasteiger partial charge < -0.3 is 9.64 Å². The number of amides is 1. The van der Waals surface area contributed by atoms with E-state index in [9.17, 15) is 18.0 Å². The number of benzene rings is 2. The normalized spacial score (nSPS) is 6.91. The van der Waals surface area contributed by atoms with Crippen molar-refractivity contribution in [2.45, 2.75) is 32.5 Å². The number of hydrogen-bond acceptors (Lipinski definition) is 4. The first-order valence-corrected chi connectivity index (χ1v) is 31.6. The predicted molar refractivity (Wildman–Crippen MR) is 461 cm³/mol. The number of ether oxygens (including phenoxy) is 1. The monoisotopic (exact) mass is 1520 g/mol. The zero-order valence-electron chi connectivity index (χ0n) is 61.7. The van der Waals surface area contributed by atoms with Gasteiger partial charge in [-0.25, -0.2) is 4.85 Å². The van der Waals surface area contributed by atoms with E-state index in [2.05, 4.69) is 526 Å². The van der Waals surface area contributed by atoms with Gasteiger partial charge in [0.1, 0.15) is 11.3 Å². The van der Waals surface area contributed by atoms with E-state index < -0.39 is 28.9 Å². The van der Waals surface area contributed by atoms with Gasteiger partial charge >= 0.3 is 6.18 Å². The smallest absolute Gasteiger partial charge is 0.407 e. The highest BCUT2D eigenvalue weighted by Gasteiger charge is 2.50. The SMILES string of the molecule is CC#CC#CC#CC#CC#CC#CC#CC#CC#CC#CC#CC#CC#CC#CC#CC#CC#CC#CC#CC#CC#CC#CC#CC#CC#CC#CC#CC#CC#CC#CC#CC#CC#CC#CC#CC#CC#CC#CC#CC#CC#CC#CC#CC#CC#N.[C-]#[N+]c1ccc(N2C(=O)C(C)(C)N(c3ccc(OC)cc3)C2=S)cc1C(F)(F)F. The number of nitriles is 1. The molecular formula is C110H19F3N4O2S. The van der Waals surface area contributed by atoms with Gasteiger partial charge in [-0.05, 0) is 117 Å². The van der Waals surface area contributed by atoms with Crippen LogP contribution in [0.1, 0.15) is 26.3 Å². The molecule has 0 atom stereocenters. The summed E-state index contributed by atoms with van der Waals surface area (Å²) in [6, 6.07) is 11.6. The van der Waals surface area contributed by atoms with Crippen LogP contribution in [-0.2, 0) is 11.0 Å². The molecule has 518 valence electrons. The lowest BCUT2D eigenvalue weighted by atomic mass is 10.0. The Morgan fingerprint density at radius 2 is 0.508 bits per heavy atom. The first-order valence-electron chi connectivity index (χ1n) is 31.2. The molecule has 1 aliphatic heterocycles. The number of alkyl halides is 3. The molecule has 2 aromatic carbocycles. The third-order valence-electron chi connectivity index (χ3n) is 10.2. The number of halogens is 3. The van der Waals surface area contributed by atoms with Crippen LogP contribution in [-0.4, -0.2) is 23.7 Å². The first-order chi connectivity index (χ1) is 58.9. The van der Waals surface area contributed by atoms with Gasteiger partial charge in [0, 0.05) is 479 Å². The Kier molecular flexibility index (Phi) is 51.7. The van der Waals surface area contributed by atoms with E-state index in [1.165, 1.54) is 13.2 Å². The van der Waals surface area contributed by atoms with Crippen LogP contribution >= 0.6 is 12.2 Å². The van der Waals surface area contributed by atoms with Crippen LogP contribution in [0.15, 0.2) is 42.5 Å². The first kappa shape index (κ1) is 93.1. The molecule has 6 nitrogen and oxygen atoms in total. The van der Waals surface area contributed by atoms with Gasteiger partial charge in [-0.1, -0.05) is 12.0 Å². The van der Waals surface area contributed by atoms with Gasteiger partial charge in [0.25, 0.3) is 5.91 Å². The number of thiocarbonyl (C=S) groups is 1. The van der Waals surface area contributed by atoms with Crippen LogP contribution in [0.4, 0.5) is 30.2 Å². The number of nitrogens with zero attached hydrogens (tertiary/aromatic N) is 4. The van der Waals surface area contributed by atoms with Gasteiger partial charge in [0.05, 0.1) is 19.2 Å². The zero-order valence-corrected chi connectivity index (χ0v) is 62.5. The second-order valence-electron chi connectivity index (χ2n) is 18.1. The number of carbonyl (C=O) groups is 1. The molecule has 0 radical (unpaired) electrons. The summed E-state index contributed by atoms with van der Waals surface area (Å²) >= 11 is 5.47. The number of hydrogen-bond donors (Lipinski definition) is 0. The summed E-state index contributed by atoms with van der Waals surface area (Å²) in [5, 5.41) is 8.27. The van der Waals surface area contributed by atoms with Crippen molar-refractivity contribution in [3.63, 3.8) is 0 Å². The van der Waals surface area contributed by atoms with Crippen molar-refractivity contribution in [2.24, 2.45) is 0 Å². The van der Waals surface area contributed by atoms with Crippen molar-refractivity contribution in [1.82, 2.24) is 0 Å². The molecule has 120 heavy (non-hydrogen) atoms. The lowest BCUT2D eigenvalue weighted by Crippen LogP contribution is -2.44. The Morgan fingerprint density at radius 1 is 0.325 bits per heavy atom. The summed E-state index contributed by atoms with van der Waals surface area (Å²) in [5.41, 5.74) is -2.21. The molecule has 0 aromatic heterocycles. The van der Waals surface area contributed by atoms with Gasteiger partial charge in [0.15, 0.2) is 16.9 Å². The molecule has 1 amide bonds. The summed E-state index contributed by atoms with van der Waals surface area (Å²) in [7, 11) is 1.52. The third-order valence-corrected chi connectivity index (χ3v) is 10.6. The molecule has 1 saturated heterocycles. The molecule has 0 N–H and O–H groups in total. The standard InChI is InChI=1S/C90H3N.C20H16F3N3O2S/c1-2-3-4-5-6-7-8-9-10-11-12-13-14-15-16-17-18-19-20-21-22-23-24-25-26-27-28-29-30-31-32-33-34-35-36-37-38-39-40-41-42-43-44-45-46-47-48-49-50-51-52-53-54-55-56-57-58-59-60-61-62-63-64-65-66-67-68-69-70-71-72-73-74-75-76-77-78-79-80-81-82-83-84-85-86-87-88-89-90-91;1-19(2)17(27)25(13-7-10-16(24-3)15(11-13)20(21,22)23)18(29)26(19)12-5-8-14(28-4)9-6-12/h1H3;5-11H,1-2,4H3. The zero-order chi connectivity index (χ0) is 86.5. The molecule has 1 heterocycles. The van der Waals surface area contributed by atoms with Crippen LogP contribution in [0.25, 0.3) is 4.85 Å². The fourth-order valence-corrected chi connectivity index (χ4v) is 6.44. The van der Waals surface area contributed by atoms with E-state index in [1.807, 2.05) is 0 Å². The highest BCUT2D eigenvalue weighted by molar-refractivity contribution is 7.81. The average Bonchev–Trinajstić information content (AvgIpc) is 1.58. The summed E-state index contributed by atoms with van der Waals surface area (Å²) in [6.45, 7) is 11.9. The van der Waals surface area contributed by atoms with Crippen LogP contribution in [0.5, 0.6) is 5.75 Å². The number of anilines is 2. The van der Waals surface area contributed by atoms with Crippen molar-refractivity contribution < 1.29 is 22.7 Å². The van der Waals surface area contributed by atoms with E-state index >= 15 is 0 Å². The lowest BCUT2D eigenvalue weighted by molar-refractivity contribution is -0.136. The van der Waals surface area contributed by atoms with E-state index in [4.69, 9.17) is 28.8 Å². The molecular weight excluding hydrogens is 1500 g/mol. The number of methoxy groups -OCH3 is 1. The van der Waals surface area contributed by atoms with Gasteiger partial charge in [0.2, 0.25) is 0 Å². The van der Waals surface area contributed by atoms with E-state index in [0.717, 1.165) is 17.0 Å². The highest BCUT2D eigenvalue weighted by atomic mass is 32.1. The molecule has 0 saturated carbocycles. The van der Waals surface area contributed by atoms with Crippen molar-refractivity contribution in [1.29, 1.82) is 5.26 Å². The predicted octanol–water partition coefficient (Wildman–Crippen LogP) is 5.86. The molecule has 3 rings (SSSR count). The molecule has 1 aliphatic rings. The maximum absolute atomic E-state index is 13.4. The largest absolute Gasteiger partial charge is 0.497 e. The summed E-state index contributed by atoms with van der Waals surface area (Å²) in [6.07, 6.45) is -4.73. The maximum Gasteiger partial charge on any atom is 0.407 e. The number of rotatable bonds is 3. The summed E-state index contributed by atoms with van der Waals surface area (Å²) < 4.78 is 45.2. The Hall–Kier alpha value is -23.0. The molecule has 10 heteroatoms. The van der Waals surface area contributed by atoms with E-state index in [1.54, 1.807) is 56.0 Å². The van der Waals surface area contributed by atoms with Crippen molar-refractivity contribution in [3.05, 3.63) is 59.4 Å². The topological polar surface area (TPSA) is 60.9 Å². The lowest BCUT2D eigenvalue weighted by Gasteiger charge is -2.29. The Balaban J connectivity index is 0.00000139. The van der Waals surface area contributed by atoms with Crippen LogP contribution < -0.4 is 14.5 Å². The summed E-state index contributed by atoms with van der Waals surface area (Å²) in [4.78, 5) is 18.7. The Bertz CT molecular complexity index is 8010. The Labute approximate surface area is 705 Å². The van der Waals surface area contributed by atoms with Crippen LogP contribution in [0.3, 0.4) is 0 Å². The van der Waals surface area contributed by atoms with Crippen molar-refractivity contribution in [3.8, 4) is 533 Å². The van der Waals surface area contributed by atoms with Gasteiger partial charge in [-0.2, -0.15) is 18.4 Å². The molecule has 0 bridgehead atoms. The molecule has 1 fully saturated rings. The molecule has 2 aromatic rings. The van der Waals surface area contributed by atoms with E-state index in [-0.39, 0.29) is 10.8 Å². The highest BCUT2D eigenvalue weighted by Crippen LogP contribution is 2.42. The van der Waals surface area contributed by atoms with E-state index in [0.29, 0.717) is 11.4 Å². The Morgan fingerprint density at radius 3 is 0.675 bits per heavy atom. The quantitative estimate of drug-likeness (QED) is 0.219. The average molecular weight is 1520 g/mol. The molecule has 0 aliphatic carbocycles. The number of carbonyl (C=O) groups excluding carboxylic acids is 1. The minimum absolute atomic E-state index is 0.0381. The van der Waals surface area contributed by atoms with Crippen molar-refractivity contribution >= 4 is 40.3 Å². The second kappa shape index (κ2) is 66.7. The van der Waals surface area contributed by atoms with Crippen molar-refractivity contribution in [2.75, 3.05) is 16.9 Å². The fourth-order valence-electron chi connectivity index (χ4n) is 5.92.